The average molecular weight is 438 g/mol. The number of nitrogens with zero attached hydrogens (tertiary/aromatic N) is 1. The summed E-state index contributed by atoms with van der Waals surface area (Å²) in [6.45, 7) is 4.41. The average Bonchev–Trinajstić information content (AvgIpc) is 3.13. The van der Waals surface area contributed by atoms with Crippen molar-refractivity contribution in [2.75, 3.05) is 23.6 Å². The summed E-state index contributed by atoms with van der Waals surface area (Å²) in [6.07, 6.45) is 3.99. The Kier molecular flexibility index (Phi) is 5.81. The molecule has 1 heterocycles. The van der Waals surface area contributed by atoms with Gasteiger partial charge in [-0.05, 0) is 60.4 Å². The van der Waals surface area contributed by atoms with Crippen LogP contribution in [0.2, 0.25) is 0 Å². The van der Waals surface area contributed by atoms with E-state index in [0.29, 0.717) is 18.0 Å². The number of carbonyl (C=O) groups is 1. The molecule has 0 unspecified atom stereocenters. The Morgan fingerprint density at radius 2 is 1.97 bits per heavy atom. The van der Waals surface area contributed by atoms with Gasteiger partial charge in [0.2, 0.25) is 0 Å². The number of hydrogen-bond acceptors (Lipinski definition) is 3. The summed E-state index contributed by atoms with van der Waals surface area (Å²) in [5.74, 6) is 0.573. The molecule has 1 atom stereocenters. The van der Waals surface area contributed by atoms with E-state index in [1.165, 1.54) is 0 Å². The van der Waals surface area contributed by atoms with Gasteiger partial charge in [0.15, 0.2) is 0 Å². The first-order valence-electron chi connectivity index (χ1n) is 9.90. The fourth-order valence-electron chi connectivity index (χ4n) is 4.15. The SMILES string of the molecule is CSc1ccc(C)c(/C=C(\C)C(=O)N2C[C@@H](CCl)c3c2cc(O)c2ccccc32)c1. The minimum Gasteiger partial charge on any atom is -0.507 e. The Morgan fingerprint density at radius 3 is 2.67 bits per heavy atom. The number of fused-ring (bicyclic) bond motifs is 3. The Labute approximate surface area is 186 Å². The number of anilines is 1. The zero-order valence-electron chi connectivity index (χ0n) is 17.3. The standard InChI is InChI=1S/C25H24ClNO2S/c1-15-8-9-19(30-3)11-17(15)10-16(2)25(29)27-14-18(13-26)24-21-7-5-4-6-20(21)23(28)12-22(24)27/h4-12,18,28H,13-14H2,1-3H3/b16-10+/t18-/m1/s1. The lowest BCUT2D eigenvalue weighted by Crippen LogP contribution is -2.30. The van der Waals surface area contributed by atoms with Gasteiger partial charge in [0.05, 0.1) is 5.69 Å². The molecule has 0 fully saturated rings. The lowest BCUT2D eigenvalue weighted by Gasteiger charge is -2.19. The number of benzene rings is 3. The van der Waals surface area contributed by atoms with Crippen LogP contribution in [-0.2, 0) is 4.79 Å². The number of phenols is 1. The number of thioether (sulfide) groups is 1. The largest absolute Gasteiger partial charge is 0.507 e. The molecule has 1 N–H and O–H groups in total. The number of rotatable bonds is 4. The number of aromatic hydroxyl groups is 1. The summed E-state index contributed by atoms with van der Waals surface area (Å²) in [6, 6.07) is 15.7. The molecule has 3 aromatic carbocycles. The number of amides is 1. The maximum Gasteiger partial charge on any atom is 0.253 e. The van der Waals surface area contributed by atoms with Gasteiger partial charge in [0.1, 0.15) is 5.75 Å². The highest BCUT2D eigenvalue weighted by atomic mass is 35.5. The van der Waals surface area contributed by atoms with Crippen LogP contribution in [0.25, 0.3) is 16.8 Å². The Morgan fingerprint density at radius 1 is 1.23 bits per heavy atom. The van der Waals surface area contributed by atoms with Crippen LogP contribution < -0.4 is 4.90 Å². The normalized spacial score (nSPS) is 16.2. The zero-order chi connectivity index (χ0) is 21.4. The lowest BCUT2D eigenvalue weighted by molar-refractivity contribution is -0.115. The van der Waals surface area contributed by atoms with Crippen molar-refractivity contribution in [3.05, 3.63) is 70.8 Å². The molecule has 1 amide bonds. The summed E-state index contributed by atoms with van der Waals surface area (Å²) in [5.41, 5.74) is 4.63. The molecular weight excluding hydrogens is 414 g/mol. The van der Waals surface area contributed by atoms with Gasteiger partial charge in [-0.25, -0.2) is 0 Å². The fourth-order valence-corrected chi connectivity index (χ4v) is 4.85. The second-order valence-electron chi connectivity index (χ2n) is 7.69. The highest BCUT2D eigenvalue weighted by molar-refractivity contribution is 7.98. The molecule has 0 bridgehead atoms. The van der Waals surface area contributed by atoms with Gasteiger partial charge in [0, 0.05) is 40.3 Å². The number of hydrogen-bond donors (Lipinski definition) is 1. The number of halogens is 1. The van der Waals surface area contributed by atoms with Crippen LogP contribution in [0.4, 0.5) is 5.69 Å². The second-order valence-corrected chi connectivity index (χ2v) is 8.88. The van der Waals surface area contributed by atoms with Crippen LogP contribution in [0.5, 0.6) is 5.75 Å². The summed E-state index contributed by atoms with van der Waals surface area (Å²) in [7, 11) is 0. The molecule has 1 aliphatic rings. The summed E-state index contributed by atoms with van der Waals surface area (Å²) in [5, 5.41) is 12.3. The first kappa shape index (κ1) is 20.8. The summed E-state index contributed by atoms with van der Waals surface area (Å²) >= 11 is 7.97. The molecule has 3 nitrogen and oxygen atoms in total. The smallest absolute Gasteiger partial charge is 0.253 e. The molecule has 4 rings (SSSR count). The first-order chi connectivity index (χ1) is 14.4. The van der Waals surface area contributed by atoms with E-state index in [1.54, 1.807) is 22.7 Å². The van der Waals surface area contributed by atoms with Gasteiger partial charge in [-0.1, -0.05) is 30.3 Å². The third-order valence-electron chi connectivity index (χ3n) is 5.77. The van der Waals surface area contributed by atoms with E-state index < -0.39 is 0 Å². The minimum absolute atomic E-state index is 0.0328. The molecule has 0 aliphatic carbocycles. The molecule has 0 radical (unpaired) electrons. The molecule has 30 heavy (non-hydrogen) atoms. The van der Waals surface area contributed by atoms with E-state index in [1.807, 2.05) is 50.4 Å². The van der Waals surface area contributed by atoms with Gasteiger partial charge >= 0.3 is 0 Å². The van der Waals surface area contributed by atoms with Crippen molar-refractivity contribution in [3.63, 3.8) is 0 Å². The molecule has 3 aromatic rings. The highest BCUT2D eigenvalue weighted by Gasteiger charge is 2.34. The number of alkyl halides is 1. The number of phenolic OH excluding ortho intramolecular Hbond substituents is 1. The van der Waals surface area contributed by atoms with Crippen molar-refractivity contribution < 1.29 is 9.90 Å². The van der Waals surface area contributed by atoms with E-state index in [9.17, 15) is 9.90 Å². The molecule has 154 valence electrons. The Balaban J connectivity index is 1.77. The molecule has 0 saturated heterocycles. The highest BCUT2D eigenvalue weighted by Crippen LogP contribution is 2.45. The Hall–Kier alpha value is -2.43. The third-order valence-corrected chi connectivity index (χ3v) is 6.87. The van der Waals surface area contributed by atoms with Crippen LogP contribution in [0.1, 0.15) is 29.5 Å². The van der Waals surface area contributed by atoms with Gasteiger partial charge in [-0.15, -0.1) is 23.4 Å². The van der Waals surface area contributed by atoms with Crippen molar-refractivity contribution in [3.8, 4) is 5.75 Å². The predicted molar refractivity (Wildman–Crippen MR) is 128 cm³/mol. The zero-order valence-corrected chi connectivity index (χ0v) is 18.8. The van der Waals surface area contributed by atoms with Crippen molar-refractivity contribution in [2.45, 2.75) is 24.7 Å². The van der Waals surface area contributed by atoms with E-state index in [2.05, 4.69) is 18.2 Å². The van der Waals surface area contributed by atoms with Crippen LogP contribution in [0, 0.1) is 6.92 Å². The molecular formula is C25H24ClNO2S. The minimum atomic E-state index is -0.0625. The van der Waals surface area contributed by atoms with Crippen molar-refractivity contribution in [1.29, 1.82) is 0 Å². The lowest BCUT2D eigenvalue weighted by atomic mass is 9.95. The molecule has 5 heteroatoms. The summed E-state index contributed by atoms with van der Waals surface area (Å²) < 4.78 is 0. The van der Waals surface area contributed by atoms with E-state index in [0.717, 1.165) is 38.0 Å². The van der Waals surface area contributed by atoms with Gasteiger partial charge < -0.3 is 10.0 Å². The molecule has 0 aromatic heterocycles. The quantitative estimate of drug-likeness (QED) is 0.294. The second kappa shape index (κ2) is 8.37. The molecule has 0 saturated carbocycles. The first-order valence-corrected chi connectivity index (χ1v) is 11.7. The van der Waals surface area contributed by atoms with Crippen LogP contribution >= 0.6 is 23.4 Å². The molecule has 1 aliphatic heterocycles. The maximum absolute atomic E-state index is 13.4. The van der Waals surface area contributed by atoms with Gasteiger partial charge in [-0.2, -0.15) is 0 Å². The maximum atomic E-state index is 13.4. The van der Waals surface area contributed by atoms with Crippen LogP contribution in [0.15, 0.2) is 59.0 Å². The predicted octanol–water partition coefficient (Wildman–Crippen LogP) is 6.35. The Bertz CT molecular complexity index is 1170. The van der Waals surface area contributed by atoms with E-state index in [-0.39, 0.29) is 17.6 Å². The van der Waals surface area contributed by atoms with E-state index in [4.69, 9.17) is 11.6 Å². The fraction of sp³-hybridized carbons (Fsp3) is 0.240. The topological polar surface area (TPSA) is 40.5 Å². The van der Waals surface area contributed by atoms with E-state index >= 15 is 0 Å². The van der Waals surface area contributed by atoms with Crippen molar-refractivity contribution in [1.82, 2.24) is 0 Å². The number of aryl methyl sites for hydroxylation is 1. The monoisotopic (exact) mass is 437 g/mol. The van der Waals surface area contributed by atoms with Crippen molar-refractivity contribution >= 4 is 51.8 Å². The van der Waals surface area contributed by atoms with Gasteiger partial charge in [0.25, 0.3) is 5.91 Å². The number of carbonyl (C=O) groups excluding carboxylic acids is 1. The van der Waals surface area contributed by atoms with Crippen LogP contribution in [-0.4, -0.2) is 29.7 Å². The summed E-state index contributed by atoms with van der Waals surface area (Å²) in [4.78, 5) is 16.3. The van der Waals surface area contributed by atoms with Gasteiger partial charge in [-0.3, -0.25) is 4.79 Å². The van der Waals surface area contributed by atoms with Crippen molar-refractivity contribution in [2.24, 2.45) is 0 Å². The van der Waals surface area contributed by atoms with Crippen LogP contribution in [0.3, 0.4) is 0 Å². The molecule has 0 spiro atoms. The third kappa shape index (κ3) is 3.59.